The van der Waals surface area contributed by atoms with Crippen molar-refractivity contribution in [3.8, 4) is 17.1 Å². The van der Waals surface area contributed by atoms with E-state index in [1.165, 1.54) is 0 Å². The maximum atomic E-state index is 12.0. The van der Waals surface area contributed by atoms with Gasteiger partial charge in [-0.15, -0.1) is 10.2 Å². The molecular formula is C23H26Cl2N4OS. The summed E-state index contributed by atoms with van der Waals surface area (Å²) >= 11 is 14.0. The molecule has 0 unspecified atom stereocenters. The van der Waals surface area contributed by atoms with Crippen molar-refractivity contribution in [3.63, 3.8) is 0 Å². The van der Waals surface area contributed by atoms with Gasteiger partial charge in [-0.2, -0.15) is 0 Å². The number of nitrogens with zero attached hydrogens (tertiary/aromatic N) is 3. The minimum Gasteiger partial charge on any atom is -0.352 e. The van der Waals surface area contributed by atoms with Crippen LogP contribution in [0.4, 0.5) is 0 Å². The van der Waals surface area contributed by atoms with E-state index in [4.69, 9.17) is 23.2 Å². The lowest BCUT2D eigenvalue weighted by Crippen LogP contribution is -2.40. The minimum atomic E-state index is -0.198. The molecule has 5 nitrogen and oxygen atoms in total. The molecule has 164 valence electrons. The SMILES string of the molecule is CC(C)(C)NC(=O)CCCCSc1nnc(-c2ccccc2)n1-c1ccc(Cl)c(Cl)c1. The maximum absolute atomic E-state index is 12.0. The Labute approximate surface area is 197 Å². The van der Waals surface area contributed by atoms with Gasteiger partial charge in [0.05, 0.1) is 15.7 Å². The van der Waals surface area contributed by atoms with Crippen molar-refractivity contribution < 1.29 is 4.79 Å². The van der Waals surface area contributed by atoms with Gasteiger partial charge in [-0.1, -0.05) is 65.3 Å². The van der Waals surface area contributed by atoms with Crippen LogP contribution in [-0.4, -0.2) is 32.0 Å². The van der Waals surface area contributed by atoms with Crippen LogP contribution < -0.4 is 5.32 Å². The topological polar surface area (TPSA) is 59.8 Å². The van der Waals surface area contributed by atoms with Crippen LogP contribution in [-0.2, 0) is 4.79 Å². The van der Waals surface area contributed by atoms with Crippen LogP contribution in [0.5, 0.6) is 0 Å². The van der Waals surface area contributed by atoms with Gasteiger partial charge < -0.3 is 5.32 Å². The first-order chi connectivity index (χ1) is 14.7. The van der Waals surface area contributed by atoms with E-state index >= 15 is 0 Å². The first-order valence-corrected chi connectivity index (χ1v) is 11.9. The largest absolute Gasteiger partial charge is 0.352 e. The number of benzene rings is 2. The fourth-order valence-electron chi connectivity index (χ4n) is 3.03. The summed E-state index contributed by atoms with van der Waals surface area (Å²) in [4.78, 5) is 12.0. The highest BCUT2D eigenvalue weighted by Crippen LogP contribution is 2.31. The Hall–Kier alpha value is -2.02. The molecule has 0 bridgehead atoms. The predicted molar refractivity (Wildman–Crippen MR) is 129 cm³/mol. The van der Waals surface area contributed by atoms with Crippen molar-refractivity contribution in [1.29, 1.82) is 0 Å². The van der Waals surface area contributed by atoms with Crippen LogP contribution >= 0.6 is 35.0 Å². The highest BCUT2D eigenvalue weighted by atomic mass is 35.5. The van der Waals surface area contributed by atoms with E-state index in [-0.39, 0.29) is 11.4 Å². The third kappa shape index (κ3) is 6.73. The third-order valence-electron chi connectivity index (χ3n) is 4.37. The zero-order valence-corrected chi connectivity index (χ0v) is 20.2. The Morgan fingerprint density at radius 2 is 1.77 bits per heavy atom. The number of hydrogen-bond donors (Lipinski definition) is 1. The van der Waals surface area contributed by atoms with E-state index in [1.54, 1.807) is 17.8 Å². The van der Waals surface area contributed by atoms with Gasteiger partial charge in [0.25, 0.3) is 0 Å². The molecule has 0 saturated carbocycles. The minimum absolute atomic E-state index is 0.0860. The number of amides is 1. The molecule has 1 N–H and O–H groups in total. The second-order valence-corrected chi connectivity index (χ2v) is 10.1. The molecule has 0 fully saturated rings. The van der Waals surface area contributed by atoms with Crippen LogP contribution in [0.3, 0.4) is 0 Å². The molecule has 0 saturated heterocycles. The summed E-state index contributed by atoms with van der Waals surface area (Å²) < 4.78 is 1.99. The van der Waals surface area contributed by atoms with E-state index in [9.17, 15) is 4.79 Å². The zero-order chi connectivity index (χ0) is 22.4. The van der Waals surface area contributed by atoms with Gasteiger partial charge in [0.15, 0.2) is 11.0 Å². The van der Waals surface area contributed by atoms with Crippen molar-refractivity contribution in [2.45, 2.75) is 50.7 Å². The number of nitrogens with one attached hydrogen (secondary N) is 1. The Morgan fingerprint density at radius 1 is 1.03 bits per heavy atom. The van der Waals surface area contributed by atoms with Crippen LogP contribution in [0.2, 0.25) is 10.0 Å². The summed E-state index contributed by atoms with van der Waals surface area (Å²) in [5.41, 5.74) is 1.62. The monoisotopic (exact) mass is 476 g/mol. The second kappa shape index (κ2) is 10.5. The highest BCUT2D eigenvalue weighted by molar-refractivity contribution is 7.99. The van der Waals surface area contributed by atoms with Gasteiger partial charge in [-0.25, -0.2) is 0 Å². The zero-order valence-electron chi connectivity index (χ0n) is 17.9. The number of hydrogen-bond acceptors (Lipinski definition) is 4. The predicted octanol–water partition coefficient (Wildman–Crippen LogP) is 6.42. The Kier molecular flexibility index (Phi) is 8.03. The van der Waals surface area contributed by atoms with Crippen molar-refractivity contribution in [3.05, 3.63) is 58.6 Å². The molecule has 0 atom stereocenters. The van der Waals surface area contributed by atoms with E-state index in [1.807, 2.05) is 67.8 Å². The fraction of sp³-hybridized carbons (Fsp3) is 0.348. The lowest BCUT2D eigenvalue weighted by molar-refractivity contribution is -0.122. The van der Waals surface area contributed by atoms with Crippen molar-refractivity contribution in [2.75, 3.05) is 5.75 Å². The molecule has 0 spiro atoms. The number of thioether (sulfide) groups is 1. The van der Waals surface area contributed by atoms with E-state index in [2.05, 4.69) is 15.5 Å². The first-order valence-electron chi connectivity index (χ1n) is 10.1. The molecule has 0 radical (unpaired) electrons. The smallest absolute Gasteiger partial charge is 0.220 e. The summed E-state index contributed by atoms with van der Waals surface area (Å²) in [6, 6.07) is 15.4. The van der Waals surface area contributed by atoms with Crippen molar-refractivity contribution >= 4 is 40.9 Å². The van der Waals surface area contributed by atoms with Crippen molar-refractivity contribution in [2.24, 2.45) is 0 Å². The number of unbranched alkanes of at least 4 members (excludes halogenated alkanes) is 1. The van der Waals surface area contributed by atoms with E-state index in [0.717, 1.165) is 40.8 Å². The van der Waals surface area contributed by atoms with E-state index < -0.39 is 0 Å². The number of rotatable bonds is 8. The van der Waals surface area contributed by atoms with Crippen LogP contribution in [0.15, 0.2) is 53.7 Å². The quantitative estimate of drug-likeness (QED) is 0.301. The number of halogens is 2. The lowest BCUT2D eigenvalue weighted by Gasteiger charge is -2.20. The van der Waals surface area contributed by atoms with Gasteiger partial charge in [0.2, 0.25) is 5.91 Å². The number of carbonyl (C=O) groups is 1. The molecule has 2 aromatic carbocycles. The summed E-state index contributed by atoms with van der Waals surface area (Å²) in [6.45, 7) is 5.96. The van der Waals surface area contributed by atoms with Gasteiger partial charge in [-0.05, 0) is 51.8 Å². The summed E-state index contributed by atoms with van der Waals surface area (Å²) in [5, 5.41) is 13.6. The van der Waals surface area contributed by atoms with Crippen LogP contribution in [0.1, 0.15) is 40.0 Å². The molecule has 31 heavy (non-hydrogen) atoms. The Morgan fingerprint density at radius 3 is 2.45 bits per heavy atom. The number of carbonyl (C=O) groups excluding carboxylic acids is 1. The van der Waals surface area contributed by atoms with E-state index in [0.29, 0.717) is 16.5 Å². The fourth-order valence-corrected chi connectivity index (χ4v) is 4.27. The van der Waals surface area contributed by atoms with Gasteiger partial charge >= 0.3 is 0 Å². The van der Waals surface area contributed by atoms with Crippen LogP contribution in [0.25, 0.3) is 17.1 Å². The molecule has 3 rings (SSSR count). The summed E-state index contributed by atoms with van der Waals surface area (Å²) in [7, 11) is 0. The standard InChI is InChI=1S/C23H26Cl2N4OS/c1-23(2,3)26-20(30)11-7-8-14-31-22-28-27-21(16-9-5-4-6-10-16)29(22)17-12-13-18(24)19(25)15-17/h4-6,9-10,12-13,15H,7-8,11,14H2,1-3H3,(H,26,30). The average Bonchev–Trinajstić information content (AvgIpc) is 3.13. The molecule has 0 aliphatic heterocycles. The van der Waals surface area contributed by atoms with Gasteiger partial charge in [0, 0.05) is 23.3 Å². The van der Waals surface area contributed by atoms with Crippen LogP contribution in [0, 0.1) is 0 Å². The number of aromatic nitrogens is 3. The first kappa shape index (κ1) is 23.6. The molecule has 8 heteroatoms. The molecule has 0 aliphatic carbocycles. The normalized spacial score (nSPS) is 11.5. The highest BCUT2D eigenvalue weighted by Gasteiger charge is 2.17. The molecule has 0 aliphatic rings. The summed E-state index contributed by atoms with van der Waals surface area (Å²) in [5.74, 6) is 1.66. The van der Waals surface area contributed by atoms with Gasteiger partial charge in [0.1, 0.15) is 0 Å². The molecule has 1 amide bonds. The van der Waals surface area contributed by atoms with Gasteiger partial charge in [-0.3, -0.25) is 9.36 Å². The molecule has 1 aromatic heterocycles. The van der Waals surface area contributed by atoms with Crippen molar-refractivity contribution in [1.82, 2.24) is 20.1 Å². The maximum Gasteiger partial charge on any atom is 0.220 e. The molecule has 1 heterocycles. The second-order valence-electron chi connectivity index (χ2n) is 8.21. The Bertz CT molecular complexity index is 1030. The third-order valence-corrected chi connectivity index (χ3v) is 6.12. The summed E-state index contributed by atoms with van der Waals surface area (Å²) in [6.07, 6.45) is 2.24. The Balaban J connectivity index is 1.73. The molecule has 3 aromatic rings. The molecular weight excluding hydrogens is 451 g/mol. The lowest BCUT2D eigenvalue weighted by atomic mass is 10.1. The average molecular weight is 477 g/mol.